The molecule has 33 heavy (non-hydrogen) atoms. The quantitative estimate of drug-likeness (QED) is 0.283. The molecule has 0 heterocycles. The summed E-state index contributed by atoms with van der Waals surface area (Å²) in [4.78, 5) is 0. The highest BCUT2D eigenvalue weighted by Crippen LogP contribution is 2.38. The highest BCUT2D eigenvalue weighted by atomic mass is 16.5. The van der Waals surface area contributed by atoms with Gasteiger partial charge in [-0.1, -0.05) is 69.6 Å². The zero-order valence-corrected chi connectivity index (χ0v) is 22.8. The Balaban J connectivity index is 2.75. The molecule has 3 N–H and O–H groups in total. The maximum absolute atomic E-state index is 10.6. The van der Waals surface area contributed by atoms with Crippen LogP contribution in [0.3, 0.4) is 0 Å². The molecule has 4 nitrogen and oxygen atoms in total. The lowest BCUT2D eigenvalue weighted by Gasteiger charge is -2.37. The number of ether oxygens (including phenoxy) is 1. The minimum Gasteiger partial charge on any atom is -0.506 e. The Bertz CT molecular complexity index is 762. The number of rotatable bonds is 11. The molecule has 1 rings (SSSR count). The van der Waals surface area contributed by atoms with Crippen molar-refractivity contribution >= 4 is 0 Å². The molecule has 0 saturated carbocycles. The molecular weight excluding hydrogens is 412 g/mol. The van der Waals surface area contributed by atoms with Gasteiger partial charge in [0.1, 0.15) is 12.2 Å². The zero-order chi connectivity index (χ0) is 25.6. The van der Waals surface area contributed by atoms with E-state index in [1.54, 1.807) is 0 Å². The Hall–Kier alpha value is -1.52. The molecule has 0 spiro atoms. The van der Waals surface area contributed by atoms with Crippen LogP contribution in [-0.4, -0.2) is 34.6 Å². The van der Waals surface area contributed by atoms with E-state index in [0.29, 0.717) is 6.42 Å². The number of aliphatic hydroxyl groups is 3. The summed E-state index contributed by atoms with van der Waals surface area (Å²) >= 11 is 0. The molecule has 0 aromatic heterocycles. The molecule has 1 aliphatic carbocycles. The van der Waals surface area contributed by atoms with Crippen LogP contribution in [0, 0.1) is 22.7 Å². The van der Waals surface area contributed by atoms with E-state index in [1.807, 2.05) is 6.92 Å². The third-order valence-corrected chi connectivity index (χ3v) is 6.92. The monoisotopic (exact) mass is 462 g/mol. The molecule has 190 valence electrons. The van der Waals surface area contributed by atoms with Crippen molar-refractivity contribution in [2.24, 2.45) is 22.7 Å². The molecule has 0 bridgehead atoms. The molecule has 4 unspecified atom stereocenters. The highest BCUT2D eigenvalue weighted by Gasteiger charge is 2.41. The number of hydrogen-bond donors (Lipinski definition) is 3. The lowest BCUT2D eigenvalue weighted by Crippen LogP contribution is -2.42. The van der Waals surface area contributed by atoms with Gasteiger partial charge in [-0.25, -0.2) is 0 Å². The van der Waals surface area contributed by atoms with E-state index in [-0.39, 0.29) is 34.2 Å². The molecule has 0 aromatic carbocycles. The maximum Gasteiger partial charge on any atom is 0.164 e. The number of hydrogen-bond acceptors (Lipinski definition) is 4. The van der Waals surface area contributed by atoms with Crippen LogP contribution in [0.15, 0.2) is 46.5 Å². The van der Waals surface area contributed by atoms with E-state index in [1.165, 1.54) is 23.8 Å². The summed E-state index contributed by atoms with van der Waals surface area (Å²) < 4.78 is 5.16. The molecule has 4 heteroatoms. The van der Waals surface area contributed by atoms with Crippen LogP contribution in [0.1, 0.15) is 94.4 Å². The van der Waals surface area contributed by atoms with Crippen molar-refractivity contribution in [1.29, 1.82) is 0 Å². The van der Waals surface area contributed by atoms with Gasteiger partial charge in [0, 0.05) is 5.92 Å². The Morgan fingerprint density at radius 3 is 1.82 bits per heavy atom. The van der Waals surface area contributed by atoms with Gasteiger partial charge in [-0.05, 0) is 76.5 Å². The molecule has 0 aromatic rings. The zero-order valence-electron chi connectivity index (χ0n) is 22.8. The first-order valence-electron chi connectivity index (χ1n) is 12.4. The van der Waals surface area contributed by atoms with Crippen molar-refractivity contribution < 1.29 is 20.1 Å². The van der Waals surface area contributed by atoms with Gasteiger partial charge in [0.2, 0.25) is 0 Å². The number of allylic oxidation sites excluding steroid dienone is 6. The molecular formula is C29H50O4. The minimum absolute atomic E-state index is 0.0881. The van der Waals surface area contributed by atoms with Crippen LogP contribution in [0.5, 0.6) is 0 Å². The predicted molar refractivity (Wildman–Crippen MR) is 139 cm³/mol. The van der Waals surface area contributed by atoms with E-state index < -0.39 is 12.2 Å². The molecule has 0 fully saturated rings. The van der Waals surface area contributed by atoms with E-state index in [9.17, 15) is 15.3 Å². The van der Waals surface area contributed by atoms with E-state index in [0.717, 1.165) is 25.7 Å². The average Bonchev–Trinajstić information content (AvgIpc) is 2.69. The van der Waals surface area contributed by atoms with Gasteiger partial charge in [-0.2, -0.15) is 0 Å². The molecule has 4 atom stereocenters. The lowest BCUT2D eigenvalue weighted by atomic mass is 9.75. The van der Waals surface area contributed by atoms with Gasteiger partial charge in [0.25, 0.3) is 0 Å². The lowest BCUT2D eigenvalue weighted by molar-refractivity contribution is -0.0293. The second-order valence-electron chi connectivity index (χ2n) is 12.1. The molecule has 1 aliphatic rings. The third kappa shape index (κ3) is 9.33. The van der Waals surface area contributed by atoms with Crippen molar-refractivity contribution in [1.82, 2.24) is 0 Å². The van der Waals surface area contributed by atoms with Crippen molar-refractivity contribution in [3.05, 3.63) is 46.5 Å². The Morgan fingerprint density at radius 2 is 1.33 bits per heavy atom. The third-order valence-electron chi connectivity index (χ3n) is 6.92. The van der Waals surface area contributed by atoms with Crippen molar-refractivity contribution in [3.63, 3.8) is 0 Å². The van der Waals surface area contributed by atoms with Crippen LogP contribution in [-0.2, 0) is 4.74 Å². The first-order chi connectivity index (χ1) is 15.1. The fourth-order valence-electron chi connectivity index (χ4n) is 4.90. The minimum atomic E-state index is -1.01. The fourth-order valence-corrected chi connectivity index (χ4v) is 4.90. The standard InChI is InChI=1S/C29H50O4/c1-19(2)13-15-28(6,7)18-21(4)14-16-29(8,9)17-20(3)11-12-23-22(5)24(30)26(32)27(33-10)25(23)31/h11,13-14,22-25,30-32H,12,15-18H2,1-10H3/b20-11+,21-14+. The van der Waals surface area contributed by atoms with Crippen LogP contribution in [0.2, 0.25) is 0 Å². The van der Waals surface area contributed by atoms with Gasteiger partial charge in [0.15, 0.2) is 11.5 Å². The number of aliphatic hydroxyl groups excluding tert-OH is 3. The molecule has 0 radical (unpaired) electrons. The second kappa shape index (κ2) is 12.3. The average molecular weight is 463 g/mol. The van der Waals surface area contributed by atoms with E-state index in [4.69, 9.17) is 4.74 Å². The molecule has 0 amide bonds. The smallest absolute Gasteiger partial charge is 0.164 e. The van der Waals surface area contributed by atoms with Crippen LogP contribution in [0.25, 0.3) is 0 Å². The number of methoxy groups -OCH3 is 1. The normalized spacial score (nSPS) is 25.3. The molecule has 0 saturated heterocycles. The summed E-state index contributed by atoms with van der Waals surface area (Å²) in [5.41, 5.74) is 4.51. The summed E-state index contributed by atoms with van der Waals surface area (Å²) in [6.45, 7) is 19.8. The van der Waals surface area contributed by atoms with Crippen LogP contribution >= 0.6 is 0 Å². The second-order valence-corrected chi connectivity index (χ2v) is 12.1. The van der Waals surface area contributed by atoms with Crippen LogP contribution in [0.4, 0.5) is 0 Å². The van der Waals surface area contributed by atoms with Gasteiger partial charge in [0.05, 0.1) is 7.11 Å². The van der Waals surface area contributed by atoms with Gasteiger partial charge >= 0.3 is 0 Å². The summed E-state index contributed by atoms with van der Waals surface area (Å²) in [7, 11) is 1.41. The van der Waals surface area contributed by atoms with Gasteiger partial charge in [-0.3, -0.25) is 0 Å². The Kier molecular flexibility index (Phi) is 11.0. The fraction of sp³-hybridized carbons (Fsp3) is 0.724. The molecule has 0 aliphatic heterocycles. The first kappa shape index (κ1) is 29.5. The van der Waals surface area contributed by atoms with Gasteiger partial charge < -0.3 is 20.1 Å². The van der Waals surface area contributed by atoms with Crippen molar-refractivity contribution in [2.45, 2.75) is 107 Å². The predicted octanol–water partition coefficient (Wildman–Crippen LogP) is 7.25. The summed E-state index contributed by atoms with van der Waals surface area (Å²) in [5.74, 6) is -0.614. The van der Waals surface area contributed by atoms with Crippen molar-refractivity contribution in [3.8, 4) is 0 Å². The van der Waals surface area contributed by atoms with Crippen LogP contribution < -0.4 is 0 Å². The Morgan fingerprint density at radius 1 is 0.848 bits per heavy atom. The van der Waals surface area contributed by atoms with Crippen molar-refractivity contribution in [2.75, 3.05) is 7.11 Å². The topological polar surface area (TPSA) is 69.9 Å². The maximum atomic E-state index is 10.6. The van der Waals surface area contributed by atoms with Gasteiger partial charge in [-0.15, -0.1) is 0 Å². The summed E-state index contributed by atoms with van der Waals surface area (Å²) in [5, 5.41) is 31.0. The van der Waals surface area contributed by atoms with E-state index in [2.05, 4.69) is 73.6 Å². The first-order valence-corrected chi connectivity index (χ1v) is 12.4. The SMILES string of the molecule is COC1=C(O)C(O)C(C)C(C/C=C(\C)CC(C)(C)C/C=C(\C)CC(C)(C)CC=C(C)C)C1O. The highest BCUT2D eigenvalue weighted by molar-refractivity contribution is 5.19. The Labute approximate surface area is 203 Å². The largest absolute Gasteiger partial charge is 0.506 e. The summed E-state index contributed by atoms with van der Waals surface area (Å²) in [6, 6.07) is 0. The summed E-state index contributed by atoms with van der Waals surface area (Å²) in [6.07, 6.45) is 9.82. The van der Waals surface area contributed by atoms with E-state index >= 15 is 0 Å².